The van der Waals surface area contributed by atoms with Crippen molar-refractivity contribution < 1.29 is 4.79 Å². The van der Waals surface area contributed by atoms with Crippen LogP contribution < -0.4 is 5.32 Å². The molecule has 1 saturated heterocycles. The van der Waals surface area contributed by atoms with Crippen molar-refractivity contribution in [2.75, 3.05) is 26.7 Å². The number of nitrogens with one attached hydrogen (secondary N) is 1. The molecule has 0 bridgehead atoms. The highest BCUT2D eigenvalue weighted by atomic mass is 127. The molecule has 1 N–H and O–H groups in total. The number of nitrogens with zero attached hydrogens (tertiary/aromatic N) is 1. The van der Waals surface area contributed by atoms with Crippen LogP contribution >= 0.6 is 22.6 Å². The molecular formula is C15H21IN2O. The van der Waals surface area contributed by atoms with Gasteiger partial charge in [0.25, 0.3) is 5.91 Å². The molecule has 0 aliphatic carbocycles. The van der Waals surface area contributed by atoms with Crippen molar-refractivity contribution in [2.45, 2.75) is 19.8 Å². The van der Waals surface area contributed by atoms with Crippen LogP contribution in [0.4, 0.5) is 0 Å². The van der Waals surface area contributed by atoms with Gasteiger partial charge in [-0.25, -0.2) is 0 Å². The molecule has 1 aromatic carbocycles. The third kappa shape index (κ3) is 3.69. The molecule has 19 heavy (non-hydrogen) atoms. The molecule has 1 heterocycles. The van der Waals surface area contributed by atoms with E-state index in [4.69, 9.17) is 0 Å². The third-order valence-electron chi connectivity index (χ3n) is 3.72. The molecule has 1 fully saturated rings. The van der Waals surface area contributed by atoms with Crippen molar-refractivity contribution >= 4 is 28.5 Å². The fraction of sp³-hybridized carbons (Fsp3) is 0.533. The lowest BCUT2D eigenvalue weighted by Crippen LogP contribution is -2.42. The van der Waals surface area contributed by atoms with E-state index in [-0.39, 0.29) is 5.91 Å². The molecule has 1 atom stereocenters. The van der Waals surface area contributed by atoms with E-state index in [1.165, 1.54) is 12.0 Å². The normalized spacial score (nSPS) is 19.5. The highest BCUT2D eigenvalue weighted by molar-refractivity contribution is 14.1. The summed E-state index contributed by atoms with van der Waals surface area (Å²) in [4.78, 5) is 14.5. The second-order valence-electron chi connectivity index (χ2n) is 5.28. The molecular weight excluding hydrogens is 351 g/mol. The van der Waals surface area contributed by atoms with Gasteiger partial charge in [0.05, 0.1) is 0 Å². The Morgan fingerprint density at radius 2 is 2.32 bits per heavy atom. The van der Waals surface area contributed by atoms with E-state index in [1.807, 2.05) is 30.1 Å². The van der Waals surface area contributed by atoms with E-state index < -0.39 is 0 Å². The predicted octanol–water partition coefficient (Wildman–Crippen LogP) is 2.67. The van der Waals surface area contributed by atoms with Crippen molar-refractivity contribution in [3.05, 3.63) is 32.9 Å². The highest BCUT2D eigenvalue weighted by Crippen LogP contribution is 2.20. The van der Waals surface area contributed by atoms with Gasteiger partial charge in [-0.3, -0.25) is 4.79 Å². The SMILES string of the molecule is CNCC1CCCN(C(=O)c2ccc(C)c(I)c2)C1. The molecule has 1 amide bonds. The number of hydrogen-bond acceptors (Lipinski definition) is 2. The summed E-state index contributed by atoms with van der Waals surface area (Å²) in [6.45, 7) is 4.84. The van der Waals surface area contributed by atoms with Crippen LogP contribution in [0.2, 0.25) is 0 Å². The zero-order chi connectivity index (χ0) is 13.8. The second-order valence-corrected chi connectivity index (χ2v) is 6.44. The maximum atomic E-state index is 12.5. The monoisotopic (exact) mass is 372 g/mol. The first-order chi connectivity index (χ1) is 9.11. The molecule has 0 aromatic heterocycles. The van der Waals surface area contributed by atoms with Crippen LogP contribution in [0, 0.1) is 16.4 Å². The van der Waals surface area contributed by atoms with Crippen LogP contribution in [-0.4, -0.2) is 37.5 Å². The lowest BCUT2D eigenvalue weighted by Gasteiger charge is -2.32. The zero-order valence-corrected chi connectivity index (χ0v) is 13.7. The van der Waals surface area contributed by atoms with E-state index in [0.29, 0.717) is 5.92 Å². The van der Waals surface area contributed by atoms with Gasteiger partial charge in [0.15, 0.2) is 0 Å². The number of benzene rings is 1. The summed E-state index contributed by atoms with van der Waals surface area (Å²) in [5, 5.41) is 3.21. The van der Waals surface area contributed by atoms with Gasteiger partial charge in [0.2, 0.25) is 0 Å². The minimum Gasteiger partial charge on any atom is -0.338 e. The average Bonchev–Trinajstić information content (AvgIpc) is 2.42. The number of hydrogen-bond donors (Lipinski definition) is 1. The fourth-order valence-electron chi connectivity index (χ4n) is 2.61. The van der Waals surface area contributed by atoms with E-state index >= 15 is 0 Å². The van der Waals surface area contributed by atoms with Gasteiger partial charge in [0, 0.05) is 22.2 Å². The van der Waals surface area contributed by atoms with Gasteiger partial charge in [-0.05, 0) is 79.6 Å². The van der Waals surface area contributed by atoms with Gasteiger partial charge in [-0.2, -0.15) is 0 Å². The maximum Gasteiger partial charge on any atom is 0.253 e. The van der Waals surface area contributed by atoms with Crippen LogP contribution in [0.5, 0.6) is 0 Å². The molecule has 0 spiro atoms. The first kappa shape index (κ1) is 14.8. The molecule has 0 saturated carbocycles. The Morgan fingerprint density at radius 3 is 3.00 bits per heavy atom. The summed E-state index contributed by atoms with van der Waals surface area (Å²) < 4.78 is 1.16. The van der Waals surface area contributed by atoms with Crippen LogP contribution in [0.3, 0.4) is 0 Å². The third-order valence-corrected chi connectivity index (χ3v) is 4.88. The standard InChI is InChI=1S/C15H21IN2O/c1-11-5-6-13(8-14(11)16)15(19)18-7-3-4-12(10-18)9-17-2/h5-6,8,12,17H,3-4,7,9-10H2,1-2H3. The summed E-state index contributed by atoms with van der Waals surface area (Å²) in [5.41, 5.74) is 2.05. The van der Waals surface area contributed by atoms with Crippen LogP contribution in [0.25, 0.3) is 0 Å². The van der Waals surface area contributed by atoms with Crippen LogP contribution in [0.15, 0.2) is 18.2 Å². The number of carbonyl (C=O) groups is 1. The van der Waals surface area contributed by atoms with Gasteiger partial charge in [0.1, 0.15) is 0 Å². The minimum atomic E-state index is 0.179. The Kier molecular flexibility index (Phi) is 5.21. The molecule has 1 aliphatic rings. The van der Waals surface area contributed by atoms with Crippen LogP contribution in [-0.2, 0) is 0 Å². The topological polar surface area (TPSA) is 32.3 Å². The maximum absolute atomic E-state index is 12.5. The molecule has 4 heteroatoms. The van der Waals surface area contributed by atoms with Crippen molar-refractivity contribution in [1.82, 2.24) is 10.2 Å². The first-order valence-electron chi connectivity index (χ1n) is 6.82. The molecule has 2 rings (SSSR count). The largest absolute Gasteiger partial charge is 0.338 e. The predicted molar refractivity (Wildman–Crippen MR) is 86.5 cm³/mol. The van der Waals surface area contributed by atoms with Gasteiger partial charge < -0.3 is 10.2 Å². The lowest BCUT2D eigenvalue weighted by atomic mass is 9.97. The first-order valence-corrected chi connectivity index (χ1v) is 7.89. The molecule has 3 nitrogen and oxygen atoms in total. The van der Waals surface area contributed by atoms with E-state index in [2.05, 4.69) is 34.8 Å². The van der Waals surface area contributed by atoms with Crippen molar-refractivity contribution in [2.24, 2.45) is 5.92 Å². The summed E-state index contributed by atoms with van der Waals surface area (Å²) in [6.07, 6.45) is 2.33. The number of piperidine rings is 1. The summed E-state index contributed by atoms with van der Waals surface area (Å²) >= 11 is 2.29. The van der Waals surface area contributed by atoms with E-state index in [1.54, 1.807) is 0 Å². The average molecular weight is 372 g/mol. The number of halogens is 1. The fourth-order valence-corrected chi connectivity index (χ4v) is 3.13. The second kappa shape index (κ2) is 6.70. The summed E-state index contributed by atoms with van der Waals surface area (Å²) in [5.74, 6) is 0.769. The number of amides is 1. The Balaban J connectivity index is 2.08. The van der Waals surface area contributed by atoms with Gasteiger partial charge in [-0.15, -0.1) is 0 Å². The summed E-state index contributed by atoms with van der Waals surface area (Å²) in [7, 11) is 1.98. The number of likely N-dealkylation sites (tertiary alicyclic amines) is 1. The number of aryl methyl sites for hydroxylation is 1. The highest BCUT2D eigenvalue weighted by Gasteiger charge is 2.24. The molecule has 1 aromatic rings. The molecule has 0 radical (unpaired) electrons. The Hall–Kier alpha value is -0.620. The quantitative estimate of drug-likeness (QED) is 0.828. The minimum absolute atomic E-state index is 0.179. The van der Waals surface area contributed by atoms with E-state index in [0.717, 1.165) is 35.2 Å². The molecule has 1 unspecified atom stereocenters. The lowest BCUT2D eigenvalue weighted by molar-refractivity contribution is 0.0674. The molecule has 104 valence electrons. The zero-order valence-electron chi connectivity index (χ0n) is 11.6. The Morgan fingerprint density at radius 1 is 1.53 bits per heavy atom. The van der Waals surface area contributed by atoms with Crippen LogP contribution in [0.1, 0.15) is 28.8 Å². The van der Waals surface area contributed by atoms with E-state index in [9.17, 15) is 4.79 Å². The smallest absolute Gasteiger partial charge is 0.253 e. The molecule has 1 aliphatic heterocycles. The van der Waals surface area contributed by atoms with Gasteiger partial charge >= 0.3 is 0 Å². The van der Waals surface area contributed by atoms with Gasteiger partial charge in [-0.1, -0.05) is 6.07 Å². The van der Waals surface area contributed by atoms with Crippen molar-refractivity contribution in [3.63, 3.8) is 0 Å². The summed E-state index contributed by atoms with van der Waals surface area (Å²) in [6, 6.07) is 5.98. The van der Waals surface area contributed by atoms with Crippen molar-refractivity contribution in [3.8, 4) is 0 Å². The Labute approximate surface area is 128 Å². The number of carbonyl (C=O) groups excluding carboxylic acids is 1. The number of rotatable bonds is 3. The van der Waals surface area contributed by atoms with Crippen molar-refractivity contribution in [1.29, 1.82) is 0 Å². The Bertz CT molecular complexity index is 459.